The Morgan fingerprint density at radius 3 is 2.59 bits per heavy atom. The maximum absolute atomic E-state index is 11.2. The summed E-state index contributed by atoms with van der Waals surface area (Å²) in [5, 5.41) is 12.2. The number of nitrogens with zero attached hydrogens (tertiary/aromatic N) is 2. The number of hydrogen-bond donors (Lipinski definition) is 3. The number of pyridine rings is 1. The van der Waals surface area contributed by atoms with E-state index in [0.717, 1.165) is 28.2 Å². The minimum absolute atomic E-state index is 0.0329. The molecule has 27 heavy (non-hydrogen) atoms. The zero-order valence-corrected chi connectivity index (χ0v) is 15.7. The smallest absolute Gasteiger partial charge is 0.267 e. The molecule has 6 heteroatoms. The first-order valence-corrected chi connectivity index (χ1v) is 8.81. The van der Waals surface area contributed by atoms with Gasteiger partial charge in [0.1, 0.15) is 5.65 Å². The third kappa shape index (κ3) is 4.61. The summed E-state index contributed by atoms with van der Waals surface area (Å²) in [6.45, 7) is 7.03. The SMILES string of the molecule is CC(C)(C)NCc1c(-c2ccccc2)nc2ccc(C=CC(=O)NO)cn12. The van der Waals surface area contributed by atoms with Crippen LogP contribution in [0.5, 0.6) is 0 Å². The van der Waals surface area contributed by atoms with Crippen LogP contribution in [-0.4, -0.2) is 26.0 Å². The first kappa shape index (κ1) is 18.8. The maximum atomic E-state index is 11.2. The second-order valence-corrected chi connectivity index (χ2v) is 7.38. The molecule has 0 saturated heterocycles. The van der Waals surface area contributed by atoms with Gasteiger partial charge in [0.25, 0.3) is 5.91 Å². The summed E-state index contributed by atoms with van der Waals surface area (Å²) in [7, 11) is 0. The van der Waals surface area contributed by atoms with Gasteiger partial charge in [-0.1, -0.05) is 30.3 Å². The summed E-state index contributed by atoms with van der Waals surface area (Å²) in [5.74, 6) is -0.569. The summed E-state index contributed by atoms with van der Waals surface area (Å²) >= 11 is 0. The van der Waals surface area contributed by atoms with E-state index in [0.29, 0.717) is 6.54 Å². The lowest BCUT2D eigenvalue weighted by Gasteiger charge is -2.21. The fourth-order valence-electron chi connectivity index (χ4n) is 2.76. The second kappa shape index (κ2) is 7.73. The molecule has 1 aromatic carbocycles. The Morgan fingerprint density at radius 2 is 1.93 bits per heavy atom. The van der Waals surface area contributed by atoms with Gasteiger partial charge in [-0.05, 0) is 44.5 Å². The topological polar surface area (TPSA) is 78.7 Å². The molecule has 6 nitrogen and oxygen atoms in total. The quantitative estimate of drug-likeness (QED) is 0.368. The number of hydrogen-bond acceptors (Lipinski definition) is 4. The van der Waals surface area contributed by atoms with E-state index in [9.17, 15) is 4.79 Å². The van der Waals surface area contributed by atoms with E-state index >= 15 is 0 Å². The highest BCUT2D eigenvalue weighted by Gasteiger charge is 2.17. The average Bonchev–Trinajstić information content (AvgIpc) is 3.02. The van der Waals surface area contributed by atoms with Gasteiger partial charge < -0.3 is 9.72 Å². The van der Waals surface area contributed by atoms with Gasteiger partial charge in [0.2, 0.25) is 0 Å². The number of aromatic nitrogens is 2. The molecule has 0 fully saturated rings. The number of carbonyl (C=O) groups is 1. The van der Waals surface area contributed by atoms with Crippen LogP contribution in [0.15, 0.2) is 54.7 Å². The van der Waals surface area contributed by atoms with Crippen molar-refractivity contribution in [3.05, 3.63) is 66.0 Å². The van der Waals surface area contributed by atoms with Gasteiger partial charge in [0.05, 0.1) is 11.4 Å². The van der Waals surface area contributed by atoms with Crippen molar-refractivity contribution in [1.82, 2.24) is 20.2 Å². The van der Waals surface area contributed by atoms with E-state index < -0.39 is 5.91 Å². The van der Waals surface area contributed by atoms with Gasteiger partial charge in [-0.2, -0.15) is 0 Å². The molecule has 0 unspecified atom stereocenters. The number of nitrogens with one attached hydrogen (secondary N) is 2. The Morgan fingerprint density at radius 1 is 1.19 bits per heavy atom. The van der Waals surface area contributed by atoms with Crippen molar-refractivity contribution in [2.75, 3.05) is 0 Å². The number of rotatable bonds is 5. The van der Waals surface area contributed by atoms with Crippen molar-refractivity contribution in [2.24, 2.45) is 0 Å². The van der Waals surface area contributed by atoms with E-state index in [1.54, 1.807) is 11.6 Å². The van der Waals surface area contributed by atoms with Gasteiger partial charge in [-0.25, -0.2) is 10.5 Å². The Balaban J connectivity index is 2.08. The second-order valence-electron chi connectivity index (χ2n) is 7.38. The van der Waals surface area contributed by atoms with E-state index in [-0.39, 0.29) is 5.54 Å². The zero-order chi connectivity index (χ0) is 19.4. The van der Waals surface area contributed by atoms with Crippen LogP contribution in [0.2, 0.25) is 0 Å². The van der Waals surface area contributed by atoms with Crippen molar-refractivity contribution in [1.29, 1.82) is 0 Å². The molecule has 0 bridgehead atoms. The number of carbonyl (C=O) groups excluding carboxylic acids is 1. The predicted octanol–water partition coefficient (Wildman–Crippen LogP) is 3.41. The first-order valence-electron chi connectivity index (χ1n) is 8.81. The average molecular weight is 364 g/mol. The van der Waals surface area contributed by atoms with Crippen LogP contribution in [0.1, 0.15) is 32.0 Å². The van der Waals surface area contributed by atoms with Gasteiger partial charge in [-0.3, -0.25) is 10.0 Å². The van der Waals surface area contributed by atoms with Gasteiger partial charge in [-0.15, -0.1) is 0 Å². The standard InChI is InChI=1S/C21H24N4O2/c1-21(2,3)22-13-17-20(16-7-5-4-6-8-16)23-18-11-9-15(14-25(17)18)10-12-19(26)24-27/h4-12,14,22,27H,13H2,1-3H3,(H,24,26). The number of amides is 1. The normalized spacial score (nSPS) is 12.0. The first-order chi connectivity index (χ1) is 12.9. The summed E-state index contributed by atoms with van der Waals surface area (Å²) in [5.41, 5.74) is 6.27. The van der Waals surface area contributed by atoms with Gasteiger partial charge in [0.15, 0.2) is 0 Å². The summed E-state index contributed by atoms with van der Waals surface area (Å²) in [4.78, 5) is 16.1. The highest BCUT2D eigenvalue weighted by Crippen LogP contribution is 2.25. The largest absolute Gasteiger partial charge is 0.306 e. The molecule has 0 aliphatic carbocycles. The molecule has 0 atom stereocenters. The molecule has 2 aromatic heterocycles. The van der Waals surface area contributed by atoms with Crippen LogP contribution >= 0.6 is 0 Å². The molecule has 0 spiro atoms. The number of fused-ring (bicyclic) bond motifs is 1. The summed E-state index contributed by atoms with van der Waals surface area (Å²) in [6, 6.07) is 13.9. The number of imidazole rings is 1. The number of benzene rings is 1. The molecule has 3 aromatic rings. The third-order valence-corrected chi connectivity index (χ3v) is 4.11. The highest BCUT2D eigenvalue weighted by atomic mass is 16.5. The Kier molecular flexibility index (Phi) is 5.39. The lowest BCUT2D eigenvalue weighted by atomic mass is 10.1. The fraction of sp³-hybridized carbons (Fsp3) is 0.238. The van der Waals surface area contributed by atoms with Gasteiger partial charge in [0, 0.05) is 29.9 Å². The fourth-order valence-corrected chi connectivity index (χ4v) is 2.76. The highest BCUT2D eigenvalue weighted by molar-refractivity contribution is 5.90. The number of hydroxylamine groups is 1. The molecular formula is C21H24N4O2. The lowest BCUT2D eigenvalue weighted by molar-refractivity contribution is -0.124. The summed E-state index contributed by atoms with van der Waals surface area (Å²) in [6.07, 6.45) is 4.87. The molecule has 3 rings (SSSR count). The molecule has 0 radical (unpaired) electrons. The lowest BCUT2D eigenvalue weighted by Crippen LogP contribution is -2.35. The monoisotopic (exact) mass is 364 g/mol. The molecule has 3 N–H and O–H groups in total. The van der Waals surface area contributed by atoms with Crippen LogP contribution in [0.4, 0.5) is 0 Å². The van der Waals surface area contributed by atoms with E-state index in [2.05, 4.69) is 38.2 Å². The van der Waals surface area contributed by atoms with Crippen LogP contribution < -0.4 is 10.8 Å². The minimum atomic E-state index is -0.569. The van der Waals surface area contributed by atoms with Gasteiger partial charge >= 0.3 is 0 Å². The molecule has 0 saturated carbocycles. The Bertz CT molecular complexity index is 969. The molecule has 140 valence electrons. The van der Waals surface area contributed by atoms with E-state index in [1.807, 2.05) is 40.9 Å². The zero-order valence-electron chi connectivity index (χ0n) is 15.7. The predicted molar refractivity (Wildman–Crippen MR) is 106 cm³/mol. The van der Waals surface area contributed by atoms with Crippen LogP contribution in [0, 0.1) is 0 Å². The van der Waals surface area contributed by atoms with Crippen molar-refractivity contribution >= 4 is 17.6 Å². The van der Waals surface area contributed by atoms with Crippen molar-refractivity contribution in [3.8, 4) is 11.3 Å². The minimum Gasteiger partial charge on any atom is -0.306 e. The van der Waals surface area contributed by atoms with Crippen LogP contribution in [0.3, 0.4) is 0 Å². The molecular weight excluding hydrogens is 340 g/mol. The van der Waals surface area contributed by atoms with Crippen LogP contribution in [0.25, 0.3) is 23.0 Å². The van der Waals surface area contributed by atoms with Crippen molar-refractivity contribution in [2.45, 2.75) is 32.9 Å². The molecule has 0 aliphatic rings. The molecule has 0 aliphatic heterocycles. The molecule has 1 amide bonds. The third-order valence-electron chi connectivity index (χ3n) is 4.11. The van der Waals surface area contributed by atoms with Crippen molar-refractivity contribution < 1.29 is 10.0 Å². The van der Waals surface area contributed by atoms with Crippen LogP contribution in [-0.2, 0) is 11.3 Å². The summed E-state index contributed by atoms with van der Waals surface area (Å²) < 4.78 is 2.04. The molecule has 2 heterocycles. The maximum Gasteiger partial charge on any atom is 0.267 e. The van der Waals surface area contributed by atoms with E-state index in [4.69, 9.17) is 10.2 Å². The van der Waals surface area contributed by atoms with E-state index in [1.165, 1.54) is 6.08 Å². The Hall–Kier alpha value is -2.96. The Labute approximate surface area is 158 Å². The van der Waals surface area contributed by atoms with Crippen molar-refractivity contribution in [3.63, 3.8) is 0 Å².